The Labute approximate surface area is 135 Å². The van der Waals surface area contributed by atoms with E-state index < -0.39 is 0 Å². The Morgan fingerprint density at radius 1 is 1.00 bits per heavy atom. The number of benzene rings is 1. The predicted octanol–water partition coefficient (Wildman–Crippen LogP) is 5.05. The second kappa shape index (κ2) is 9.66. The predicted molar refractivity (Wildman–Crippen MR) is 92.9 cm³/mol. The molecule has 2 heteroatoms. The topological polar surface area (TPSA) is 29.1 Å². The largest absolute Gasteiger partial charge is 0.356 e. The number of hydrogen-bond acceptors (Lipinski definition) is 1. The molecule has 0 aromatic heterocycles. The number of unbranched alkanes of at least 4 members (excludes halogenated alkanes) is 7. The summed E-state index contributed by atoms with van der Waals surface area (Å²) in [5, 5.41) is 3.12. The van der Waals surface area contributed by atoms with E-state index in [0.717, 1.165) is 19.4 Å². The normalized spacial score (nSPS) is 19.9. The highest BCUT2D eigenvalue weighted by atomic mass is 16.2. The van der Waals surface area contributed by atoms with Gasteiger partial charge in [0.05, 0.1) is 0 Å². The number of rotatable bonds is 11. The molecule has 0 radical (unpaired) electrons. The molecule has 1 aromatic carbocycles. The van der Waals surface area contributed by atoms with E-state index in [1.54, 1.807) is 0 Å². The third-order valence-corrected chi connectivity index (χ3v) is 4.68. The van der Waals surface area contributed by atoms with Crippen LogP contribution in [0.5, 0.6) is 0 Å². The Balaban J connectivity index is 1.47. The molecule has 0 bridgehead atoms. The molecule has 1 aromatic rings. The molecule has 1 saturated carbocycles. The van der Waals surface area contributed by atoms with Gasteiger partial charge in [-0.15, -0.1) is 0 Å². The van der Waals surface area contributed by atoms with Crippen LogP contribution >= 0.6 is 0 Å². The minimum atomic E-state index is 0.219. The third-order valence-electron chi connectivity index (χ3n) is 4.68. The van der Waals surface area contributed by atoms with Crippen LogP contribution in [0.1, 0.15) is 76.2 Å². The van der Waals surface area contributed by atoms with Gasteiger partial charge in [-0.3, -0.25) is 4.79 Å². The van der Waals surface area contributed by atoms with Crippen LogP contribution in [0.15, 0.2) is 30.3 Å². The minimum absolute atomic E-state index is 0.219. The molecule has 2 atom stereocenters. The first-order valence-corrected chi connectivity index (χ1v) is 9.15. The van der Waals surface area contributed by atoms with E-state index in [-0.39, 0.29) is 11.8 Å². The van der Waals surface area contributed by atoms with Crippen LogP contribution < -0.4 is 5.32 Å². The van der Waals surface area contributed by atoms with E-state index in [9.17, 15) is 4.79 Å². The smallest absolute Gasteiger partial charge is 0.223 e. The fraction of sp³-hybridized carbons (Fsp3) is 0.650. The van der Waals surface area contributed by atoms with Crippen LogP contribution in [-0.2, 0) is 4.79 Å². The lowest BCUT2D eigenvalue weighted by molar-refractivity contribution is -0.122. The monoisotopic (exact) mass is 301 g/mol. The van der Waals surface area contributed by atoms with Crippen molar-refractivity contribution in [1.82, 2.24) is 5.32 Å². The molecule has 1 aliphatic rings. The molecular weight excluding hydrogens is 270 g/mol. The van der Waals surface area contributed by atoms with Crippen LogP contribution in [0.25, 0.3) is 0 Å². The highest BCUT2D eigenvalue weighted by Crippen LogP contribution is 2.47. The standard InChI is InChI=1S/C20H31NO/c1-2-3-4-5-6-7-8-12-15-21-20(22)19-16-18(19)17-13-10-9-11-14-17/h9-11,13-14,18-19H,2-8,12,15-16H2,1H3,(H,21,22). The molecule has 1 aliphatic carbocycles. The van der Waals surface area contributed by atoms with E-state index in [1.807, 2.05) is 6.07 Å². The van der Waals surface area contributed by atoms with Crippen molar-refractivity contribution in [1.29, 1.82) is 0 Å². The van der Waals surface area contributed by atoms with Crippen molar-refractivity contribution < 1.29 is 4.79 Å². The molecule has 22 heavy (non-hydrogen) atoms. The maximum Gasteiger partial charge on any atom is 0.223 e. The number of nitrogens with one attached hydrogen (secondary N) is 1. The second-order valence-corrected chi connectivity index (χ2v) is 6.63. The summed E-state index contributed by atoms with van der Waals surface area (Å²) in [6.07, 6.45) is 11.5. The zero-order valence-corrected chi connectivity index (χ0v) is 14.0. The molecule has 2 nitrogen and oxygen atoms in total. The van der Waals surface area contributed by atoms with Crippen molar-refractivity contribution in [2.24, 2.45) is 5.92 Å². The zero-order valence-electron chi connectivity index (χ0n) is 14.0. The van der Waals surface area contributed by atoms with E-state index in [0.29, 0.717) is 5.92 Å². The van der Waals surface area contributed by atoms with E-state index in [1.165, 1.54) is 50.5 Å². The molecule has 1 N–H and O–H groups in total. The second-order valence-electron chi connectivity index (χ2n) is 6.63. The zero-order chi connectivity index (χ0) is 15.6. The number of carbonyl (C=O) groups excluding carboxylic acids is 1. The molecule has 0 spiro atoms. The van der Waals surface area contributed by atoms with Gasteiger partial charge in [0, 0.05) is 12.5 Å². The van der Waals surface area contributed by atoms with E-state index >= 15 is 0 Å². The lowest BCUT2D eigenvalue weighted by atomic mass is 10.1. The van der Waals surface area contributed by atoms with Crippen LogP contribution in [0.3, 0.4) is 0 Å². The summed E-state index contributed by atoms with van der Waals surface area (Å²) in [4.78, 5) is 12.1. The summed E-state index contributed by atoms with van der Waals surface area (Å²) in [5.41, 5.74) is 1.31. The van der Waals surface area contributed by atoms with E-state index in [2.05, 4.69) is 36.5 Å². The van der Waals surface area contributed by atoms with Crippen molar-refractivity contribution >= 4 is 5.91 Å². The molecule has 1 amide bonds. The van der Waals surface area contributed by atoms with Gasteiger partial charge < -0.3 is 5.32 Å². The van der Waals surface area contributed by atoms with Crippen molar-refractivity contribution in [3.63, 3.8) is 0 Å². The van der Waals surface area contributed by atoms with Crippen LogP contribution in [0.2, 0.25) is 0 Å². The van der Waals surface area contributed by atoms with E-state index in [4.69, 9.17) is 0 Å². The van der Waals surface area contributed by atoms with Gasteiger partial charge in [0.15, 0.2) is 0 Å². The lowest BCUT2D eigenvalue weighted by Gasteiger charge is -2.05. The summed E-state index contributed by atoms with van der Waals surface area (Å²) < 4.78 is 0. The summed E-state index contributed by atoms with van der Waals surface area (Å²) in [6.45, 7) is 3.11. The van der Waals surface area contributed by atoms with Gasteiger partial charge in [-0.1, -0.05) is 82.2 Å². The Morgan fingerprint density at radius 3 is 2.32 bits per heavy atom. The average molecular weight is 301 g/mol. The lowest BCUT2D eigenvalue weighted by Crippen LogP contribution is -2.26. The SMILES string of the molecule is CCCCCCCCCCNC(=O)C1CC1c1ccccc1. The van der Waals surface area contributed by atoms with Crippen LogP contribution in [0.4, 0.5) is 0 Å². The summed E-state index contributed by atoms with van der Waals surface area (Å²) in [6, 6.07) is 10.4. The number of amides is 1. The molecular formula is C20H31NO. The first-order chi connectivity index (χ1) is 10.8. The van der Waals surface area contributed by atoms with Gasteiger partial charge in [0.1, 0.15) is 0 Å². The van der Waals surface area contributed by atoms with Crippen molar-refractivity contribution in [2.45, 2.75) is 70.6 Å². The number of carbonyl (C=O) groups is 1. The molecule has 2 rings (SSSR count). The molecule has 0 heterocycles. The molecule has 122 valence electrons. The Hall–Kier alpha value is -1.31. The quantitative estimate of drug-likeness (QED) is 0.569. The molecule has 1 fully saturated rings. The van der Waals surface area contributed by atoms with Gasteiger partial charge >= 0.3 is 0 Å². The highest BCUT2D eigenvalue weighted by molar-refractivity contribution is 5.82. The molecule has 2 unspecified atom stereocenters. The molecule has 0 saturated heterocycles. The van der Waals surface area contributed by atoms with Gasteiger partial charge in [0.2, 0.25) is 5.91 Å². The Kier molecular flexibility index (Phi) is 7.48. The first kappa shape index (κ1) is 17.1. The van der Waals surface area contributed by atoms with Gasteiger partial charge in [-0.2, -0.15) is 0 Å². The van der Waals surface area contributed by atoms with Crippen molar-refractivity contribution in [3.05, 3.63) is 35.9 Å². The maximum atomic E-state index is 12.1. The third kappa shape index (κ3) is 5.82. The van der Waals surface area contributed by atoms with Crippen LogP contribution in [0, 0.1) is 5.92 Å². The first-order valence-electron chi connectivity index (χ1n) is 9.15. The van der Waals surface area contributed by atoms with Gasteiger partial charge in [0.25, 0.3) is 0 Å². The van der Waals surface area contributed by atoms with Crippen molar-refractivity contribution in [2.75, 3.05) is 6.54 Å². The fourth-order valence-electron chi connectivity index (χ4n) is 3.15. The fourth-order valence-corrected chi connectivity index (χ4v) is 3.15. The maximum absolute atomic E-state index is 12.1. The van der Waals surface area contributed by atoms with Crippen LogP contribution in [-0.4, -0.2) is 12.5 Å². The van der Waals surface area contributed by atoms with Gasteiger partial charge in [-0.25, -0.2) is 0 Å². The van der Waals surface area contributed by atoms with Crippen molar-refractivity contribution in [3.8, 4) is 0 Å². The summed E-state index contributed by atoms with van der Waals surface area (Å²) >= 11 is 0. The summed E-state index contributed by atoms with van der Waals surface area (Å²) in [5.74, 6) is 0.938. The summed E-state index contributed by atoms with van der Waals surface area (Å²) in [7, 11) is 0. The Morgan fingerprint density at radius 2 is 1.64 bits per heavy atom. The highest BCUT2D eigenvalue weighted by Gasteiger charge is 2.43. The molecule has 0 aliphatic heterocycles. The van der Waals surface area contributed by atoms with Gasteiger partial charge in [-0.05, 0) is 24.3 Å². The Bertz CT molecular complexity index is 429. The number of hydrogen-bond donors (Lipinski definition) is 1. The minimum Gasteiger partial charge on any atom is -0.356 e. The average Bonchev–Trinajstić information content (AvgIpc) is 3.35.